The molecule has 4 rings (SSSR count). The highest BCUT2D eigenvalue weighted by Gasteiger charge is 2.17. The van der Waals surface area contributed by atoms with Crippen LogP contribution >= 0.6 is 0 Å². The number of nitrogens with one attached hydrogen (secondary N) is 1. The van der Waals surface area contributed by atoms with E-state index in [-0.39, 0.29) is 23.7 Å². The number of hydrogen-bond acceptors (Lipinski definition) is 5. The van der Waals surface area contributed by atoms with Crippen molar-refractivity contribution in [2.24, 2.45) is 0 Å². The Kier molecular flexibility index (Phi) is 4.08. The first-order valence-corrected chi connectivity index (χ1v) is 8.36. The van der Waals surface area contributed by atoms with Crippen molar-refractivity contribution in [3.8, 4) is 5.75 Å². The normalized spacial score (nSPS) is 11.0. The first kappa shape index (κ1) is 16.8. The van der Waals surface area contributed by atoms with E-state index in [1.807, 2.05) is 24.3 Å². The third-order valence-corrected chi connectivity index (χ3v) is 4.36. The van der Waals surface area contributed by atoms with Crippen LogP contribution in [0.4, 0.5) is 5.69 Å². The minimum absolute atomic E-state index is 0.153. The first-order valence-electron chi connectivity index (χ1n) is 8.36. The molecular weight excluding hydrogens is 346 g/mol. The molecule has 1 amide bonds. The van der Waals surface area contributed by atoms with Crippen molar-refractivity contribution < 1.29 is 9.53 Å². The van der Waals surface area contributed by atoms with Gasteiger partial charge in [0, 0.05) is 0 Å². The molecule has 2 heterocycles. The second kappa shape index (κ2) is 6.56. The van der Waals surface area contributed by atoms with Gasteiger partial charge in [-0.05, 0) is 31.2 Å². The van der Waals surface area contributed by atoms with Gasteiger partial charge < -0.3 is 10.1 Å². The van der Waals surface area contributed by atoms with Crippen LogP contribution in [0.1, 0.15) is 5.82 Å². The van der Waals surface area contributed by atoms with E-state index in [0.717, 1.165) is 5.52 Å². The van der Waals surface area contributed by atoms with Crippen LogP contribution in [0.5, 0.6) is 5.75 Å². The molecule has 0 aliphatic rings. The third-order valence-electron chi connectivity index (χ3n) is 4.36. The van der Waals surface area contributed by atoms with Crippen LogP contribution in [0.2, 0.25) is 0 Å². The number of para-hydroxylation sites is 4. The van der Waals surface area contributed by atoms with E-state index < -0.39 is 0 Å². The Bertz CT molecular complexity index is 1230. The molecule has 0 unspecified atom stereocenters. The van der Waals surface area contributed by atoms with Crippen molar-refractivity contribution in [2.45, 2.75) is 13.5 Å². The molecule has 0 bridgehead atoms. The van der Waals surface area contributed by atoms with E-state index >= 15 is 0 Å². The molecule has 0 spiro atoms. The molecule has 0 fully saturated rings. The van der Waals surface area contributed by atoms with Crippen LogP contribution in [0.15, 0.2) is 53.3 Å². The van der Waals surface area contributed by atoms with Gasteiger partial charge in [0.2, 0.25) is 11.6 Å². The number of rotatable bonds is 4. The molecule has 2 aromatic carbocycles. The van der Waals surface area contributed by atoms with E-state index in [1.165, 1.54) is 11.7 Å². The molecule has 2 aromatic heterocycles. The molecule has 8 heteroatoms. The lowest BCUT2D eigenvalue weighted by Gasteiger charge is -2.13. The summed E-state index contributed by atoms with van der Waals surface area (Å²) < 4.78 is 8.35. The maximum absolute atomic E-state index is 12.9. The quantitative estimate of drug-likeness (QED) is 0.599. The molecule has 0 atom stereocenters. The van der Waals surface area contributed by atoms with Gasteiger partial charge in [0.25, 0.3) is 5.56 Å². The second-order valence-electron chi connectivity index (χ2n) is 6.03. The van der Waals surface area contributed by atoms with Gasteiger partial charge in [0.15, 0.2) is 0 Å². The molecule has 27 heavy (non-hydrogen) atoms. The van der Waals surface area contributed by atoms with Gasteiger partial charge in [-0.15, -0.1) is 10.2 Å². The van der Waals surface area contributed by atoms with Crippen molar-refractivity contribution in [2.75, 3.05) is 12.4 Å². The van der Waals surface area contributed by atoms with Gasteiger partial charge in [-0.25, -0.2) is 0 Å². The number of ether oxygens (including phenoxy) is 1. The zero-order valence-corrected chi connectivity index (χ0v) is 14.8. The summed E-state index contributed by atoms with van der Waals surface area (Å²) >= 11 is 0. The summed E-state index contributed by atoms with van der Waals surface area (Å²) in [6.45, 7) is 1.63. The van der Waals surface area contributed by atoms with E-state index in [1.54, 1.807) is 35.6 Å². The fourth-order valence-electron chi connectivity index (χ4n) is 3.14. The highest BCUT2D eigenvalue weighted by molar-refractivity contribution is 5.93. The zero-order chi connectivity index (χ0) is 19.0. The van der Waals surface area contributed by atoms with Crippen molar-refractivity contribution >= 4 is 28.3 Å². The predicted molar refractivity (Wildman–Crippen MR) is 101 cm³/mol. The van der Waals surface area contributed by atoms with Gasteiger partial charge in [-0.2, -0.15) is 0 Å². The summed E-state index contributed by atoms with van der Waals surface area (Å²) in [6, 6.07) is 14.5. The minimum Gasteiger partial charge on any atom is -0.495 e. The predicted octanol–water partition coefficient (Wildman–Crippen LogP) is 2.00. The van der Waals surface area contributed by atoms with Crippen molar-refractivity contribution in [3.05, 3.63) is 64.7 Å². The average molecular weight is 363 g/mol. The van der Waals surface area contributed by atoms with Crippen molar-refractivity contribution in [1.82, 2.24) is 19.2 Å². The van der Waals surface area contributed by atoms with Crippen molar-refractivity contribution in [3.63, 3.8) is 0 Å². The topological polar surface area (TPSA) is 90.5 Å². The molecule has 0 saturated heterocycles. The Labute approximate surface area is 154 Å². The standard InChI is InChI=1S/C19H17N5O3/c1-12-21-22-18-19(26)23(14-8-4-5-9-15(14)24(12)18)11-17(25)20-13-7-3-6-10-16(13)27-2/h3-10H,11H2,1-2H3,(H,20,25). The van der Waals surface area contributed by atoms with Gasteiger partial charge in [-0.3, -0.25) is 18.6 Å². The monoisotopic (exact) mass is 363 g/mol. The lowest BCUT2D eigenvalue weighted by molar-refractivity contribution is -0.116. The van der Waals surface area contributed by atoms with Crippen LogP contribution in [0.3, 0.4) is 0 Å². The number of carbonyl (C=O) groups excluding carboxylic acids is 1. The summed E-state index contributed by atoms with van der Waals surface area (Å²) in [4.78, 5) is 25.5. The van der Waals surface area contributed by atoms with Crippen LogP contribution < -0.4 is 15.6 Å². The lowest BCUT2D eigenvalue weighted by Crippen LogP contribution is -2.29. The third kappa shape index (κ3) is 2.80. The maximum atomic E-state index is 12.9. The molecule has 0 aliphatic heterocycles. The average Bonchev–Trinajstić information content (AvgIpc) is 3.07. The van der Waals surface area contributed by atoms with Gasteiger partial charge in [0.1, 0.15) is 18.1 Å². The number of aryl methyl sites for hydroxylation is 1. The van der Waals surface area contributed by atoms with Gasteiger partial charge in [-0.1, -0.05) is 24.3 Å². The Morgan fingerprint density at radius 1 is 1.07 bits per heavy atom. The summed E-state index contributed by atoms with van der Waals surface area (Å²) in [5.74, 6) is 0.822. The van der Waals surface area contributed by atoms with E-state index in [9.17, 15) is 9.59 Å². The highest BCUT2D eigenvalue weighted by atomic mass is 16.5. The largest absolute Gasteiger partial charge is 0.495 e. The number of nitrogens with zero attached hydrogens (tertiary/aromatic N) is 4. The second-order valence-corrected chi connectivity index (χ2v) is 6.03. The number of methoxy groups -OCH3 is 1. The smallest absolute Gasteiger partial charge is 0.297 e. The molecular formula is C19H17N5O3. The van der Waals surface area contributed by atoms with Crippen LogP contribution in [0, 0.1) is 6.92 Å². The number of aromatic nitrogens is 4. The fraction of sp³-hybridized carbons (Fsp3) is 0.158. The molecule has 4 aromatic rings. The Hall–Kier alpha value is -3.68. The van der Waals surface area contributed by atoms with E-state index in [2.05, 4.69) is 15.5 Å². The number of carbonyl (C=O) groups is 1. The van der Waals surface area contributed by atoms with E-state index in [4.69, 9.17) is 4.74 Å². The number of anilines is 1. The van der Waals surface area contributed by atoms with Gasteiger partial charge in [0.05, 0.1) is 23.8 Å². The van der Waals surface area contributed by atoms with Crippen molar-refractivity contribution in [1.29, 1.82) is 0 Å². The first-order chi connectivity index (χ1) is 13.1. The summed E-state index contributed by atoms with van der Waals surface area (Å²) in [7, 11) is 1.53. The molecule has 0 aliphatic carbocycles. The summed E-state index contributed by atoms with van der Waals surface area (Å²) in [5.41, 5.74) is 1.76. The van der Waals surface area contributed by atoms with Crippen LogP contribution in [-0.4, -0.2) is 32.2 Å². The lowest BCUT2D eigenvalue weighted by atomic mass is 10.2. The summed E-state index contributed by atoms with van der Waals surface area (Å²) in [5, 5.41) is 10.8. The molecule has 136 valence electrons. The molecule has 8 nitrogen and oxygen atoms in total. The van der Waals surface area contributed by atoms with E-state index in [0.29, 0.717) is 22.8 Å². The highest BCUT2D eigenvalue weighted by Crippen LogP contribution is 2.23. The molecule has 0 saturated carbocycles. The maximum Gasteiger partial charge on any atom is 0.297 e. The number of amides is 1. The van der Waals surface area contributed by atoms with Gasteiger partial charge >= 0.3 is 0 Å². The SMILES string of the molecule is COc1ccccc1NC(=O)Cn1c(=O)c2nnc(C)n2c2ccccc21. The van der Waals surface area contributed by atoms with Crippen LogP contribution in [0.25, 0.3) is 16.7 Å². The Morgan fingerprint density at radius 2 is 1.78 bits per heavy atom. The minimum atomic E-state index is -0.371. The number of fused-ring (bicyclic) bond motifs is 3. The Morgan fingerprint density at radius 3 is 2.56 bits per heavy atom. The fourth-order valence-corrected chi connectivity index (χ4v) is 3.14. The Balaban J connectivity index is 1.78. The summed E-state index contributed by atoms with van der Waals surface area (Å²) in [6.07, 6.45) is 0. The molecule has 1 N–H and O–H groups in total. The number of benzene rings is 2. The molecule has 0 radical (unpaired) electrons. The zero-order valence-electron chi connectivity index (χ0n) is 14.8. The number of hydrogen-bond donors (Lipinski definition) is 1. The van der Waals surface area contributed by atoms with Crippen LogP contribution in [-0.2, 0) is 11.3 Å².